The third-order valence-electron chi connectivity index (χ3n) is 4.78. The minimum Gasteiger partial charge on any atom is -0.338 e. The molecule has 0 radical (unpaired) electrons. The van der Waals surface area contributed by atoms with E-state index in [4.69, 9.17) is 16.6 Å². The van der Waals surface area contributed by atoms with Crippen molar-refractivity contribution in [1.82, 2.24) is 24.9 Å². The Morgan fingerprint density at radius 2 is 1.94 bits per heavy atom. The zero-order valence-corrected chi connectivity index (χ0v) is 18.0. The number of urea groups is 1. The first-order chi connectivity index (χ1) is 14.9. The summed E-state index contributed by atoms with van der Waals surface area (Å²) < 4.78 is 15.6. The highest BCUT2D eigenvalue weighted by Crippen LogP contribution is 2.35. The van der Waals surface area contributed by atoms with E-state index in [-0.39, 0.29) is 11.8 Å². The number of nitrogens with one attached hydrogen (secondary N) is 2. The Bertz CT molecular complexity index is 1300. The summed E-state index contributed by atoms with van der Waals surface area (Å²) in [4.78, 5) is 20.9. The van der Waals surface area contributed by atoms with Gasteiger partial charge in [-0.25, -0.2) is 23.7 Å². The molecule has 4 rings (SSSR count). The molecule has 0 bridgehead atoms. The highest BCUT2D eigenvalue weighted by Gasteiger charge is 2.20. The van der Waals surface area contributed by atoms with E-state index in [0.717, 1.165) is 16.7 Å². The van der Waals surface area contributed by atoms with Gasteiger partial charge in [0.05, 0.1) is 5.69 Å². The van der Waals surface area contributed by atoms with Gasteiger partial charge in [0, 0.05) is 23.9 Å². The summed E-state index contributed by atoms with van der Waals surface area (Å²) in [5.41, 5.74) is 4.73. The number of hydrogen-bond acceptors (Lipinski definition) is 4. The van der Waals surface area contributed by atoms with Crippen LogP contribution >= 0.6 is 11.6 Å². The van der Waals surface area contributed by atoms with Crippen LogP contribution < -0.4 is 10.6 Å². The van der Waals surface area contributed by atoms with Crippen molar-refractivity contribution in [3.63, 3.8) is 0 Å². The lowest BCUT2D eigenvalue weighted by atomic mass is 10.0. The number of aromatic nitrogens is 4. The van der Waals surface area contributed by atoms with Crippen molar-refractivity contribution in [2.45, 2.75) is 20.8 Å². The van der Waals surface area contributed by atoms with E-state index in [0.29, 0.717) is 40.1 Å². The minimum absolute atomic E-state index is 0.288. The maximum atomic E-state index is 13.9. The Hall–Kier alpha value is -3.52. The van der Waals surface area contributed by atoms with Gasteiger partial charge in [-0.05, 0) is 68.3 Å². The molecule has 0 fully saturated rings. The number of hydrogen-bond donors (Lipinski definition) is 2. The number of carbonyl (C=O) groups is 1. The summed E-state index contributed by atoms with van der Waals surface area (Å²) in [6.07, 6.45) is 1.59. The number of anilines is 1. The first-order valence-electron chi connectivity index (χ1n) is 9.71. The van der Waals surface area contributed by atoms with Gasteiger partial charge < -0.3 is 5.32 Å². The molecule has 0 aliphatic rings. The van der Waals surface area contributed by atoms with Gasteiger partial charge in [0.25, 0.3) is 0 Å². The van der Waals surface area contributed by atoms with Gasteiger partial charge in [0.15, 0.2) is 5.65 Å². The van der Waals surface area contributed by atoms with Crippen LogP contribution in [0.15, 0.2) is 42.6 Å². The molecule has 158 valence electrons. The molecule has 3 heterocycles. The third-order valence-corrected chi connectivity index (χ3v) is 4.97. The van der Waals surface area contributed by atoms with Crippen LogP contribution in [0.25, 0.3) is 28.2 Å². The Balaban J connectivity index is 1.94. The molecule has 4 aromatic rings. The van der Waals surface area contributed by atoms with E-state index in [2.05, 4.69) is 20.7 Å². The number of benzene rings is 1. The fraction of sp³-hybridized carbons (Fsp3) is 0.182. The van der Waals surface area contributed by atoms with E-state index < -0.39 is 0 Å². The summed E-state index contributed by atoms with van der Waals surface area (Å²) in [6, 6.07) is 9.76. The predicted molar refractivity (Wildman–Crippen MR) is 119 cm³/mol. The van der Waals surface area contributed by atoms with Crippen molar-refractivity contribution in [2.24, 2.45) is 0 Å². The van der Waals surface area contributed by atoms with Gasteiger partial charge in [-0.3, -0.25) is 5.32 Å². The molecule has 3 aromatic heterocycles. The van der Waals surface area contributed by atoms with Crippen molar-refractivity contribution >= 4 is 29.1 Å². The van der Waals surface area contributed by atoms with E-state index in [1.165, 1.54) is 6.07 Å². The average Bonchev–Trinajstić information content (AvgIpc) is 3.10. The molecular weight excluding hydrogens is 419 g/mol. The summed E-state index contributed by atoms with van der Waals surface area (Å²) in [6.45, 7) is 5.93. The summed E-state index contributed by atoms with van der Waals surface area (Å²) in [5, 5.41) is 10.1. The van der Waals surface area contributed by atoms with Gasteiger partial charge in [-0.1, -0.05) is 11.6 Å². The summed E-state index contributed by atoms with van der Waals surface area (Å²) in [5.74, 6) is 0.0853. The number of fused-ring (bicyclic) bond motifs is 1. The van der Waals surface area contributed by atoms with Crippen LogP contribution in [0.4, 0.5) is 15.0 Å². The molecular formula is C22H20ClFN6O. The van der Waals surface area contributed by atoms with Crippen LogP contribution in [0.1, 0.15) is 18.1 Å². The van der Waals surface area contributed by atoms with Crippen LogP contribution in [0, 0.1) is 19.7 Å². The van der Waals surface area contributed by atoms with Gasteiger partial charge >= 0.3 is 6.03 Å². The quantitative estimate of drug-likeness (QED) is 0.469. The van der Waals surface area contributed by atoms with Crippen LogP contribution in [0.2, 0.25) is 5.15 Å². The van der Waals surface area contributed by atoms with Gasteiger partial charge in [0.2, 0.25) is 0 Å². The number of halogens is 2. The van der Waals surface area contributed by atoms with Crippen molar-refractivity contribution in [2.75, 3.05) is 11.9 Å². The highest BCUT2D eigenvalue weighted by molar-refractivity contribution is 6.29. The van der Waals surface area contributed by atoms with E-state index in [1.54, 1.807) is 48.0 Å². The lowest BCUT2D eigenvalue weighted by Crippen LogP contribution is -2.28. The zero-order valence-electron chi connectivity index (χ0n) is 17.2. The monoisotopic (exact) mass is 438 g/mol. The van der Waals surface area contributed by atoms with Gasteiger partial charge in [0.1, 0.15) is 22.5 Å². The summed E-state index contributed by atoms with van der Waals surface area (Å²) in [7, 11) is 0. The molecule has 7 nitrogen and oxygen atoms in total. The minimum atomic E-state index is -0.350. The predicted octanol–water partition coefficient (Wildman–Crippen LogP) is 5.01. The Morgan fingerprint density at radius 1 is 1.13 bits per heavy atom. The molecule has 0 aliphatic carbocycles. The zero-order chi connectivity index (χ0) is 22.1. The first-order valence-corrected chi connectivity index (χ1v) is 10.1. The number of amides is 2. The molecule has 0 saturated heterocycles. The number of rotatable bonds is 4. The SMILES string of the molecule is CCNC(=O)Nc1cc(-c2c(-c3ccc(F)c(C)c3)nc3c(C)cc(Cl)nn23)ccn1. The van der Waals surface area contributed by atoms with Crippen molar-refractivity contribution in [3.8, 4) is 22.5 Å². The van der Waals surface area contributed by atoms with Crippen LogP contribution in [-0.2, 0) is 0 Å². The molecule has 2 amide bonds. The van der Waals surface area contributed by atoms with Crippen molar-refractivity contribution in [1.29, 1.82) is 0 Å². The number of nitrogens with zero attached hydrogens (tertiary/aromatic N) is 4. The maximum Gasteiger partial charge on any atom is 0.320 e. The third kappa shape index (κ3) is 4.06. The second-order valence-corrected chi connectivity index (χ2v) is 7.46. The number of imidazole rings is 1. The average molecular weight is 439 g/mol. The smallest absolute Gasteiger partial charge is 0.320 e. The second-order valence-electron chi connectivity index (χ2n) is 7.07. The molecule has 9 heteroatoms. The molecule has 31 heavy (non-hydrogen) atoms. The largest absolute Gasteiger partial charge is 0.338 e. The molecule has 0 spiro atoms. The maximum absolute atomic E-state index is 13.9. The van der Waals surface area contributed by atoms with E-state index >= 15 is 0 Å². The molecule has 1 aromatic carbocycles. The Kier molecular flexibility index (Phi) is 5.56. The fourth-order valence-corrected chi connectivity index (χ4v) is 3.59. The normalized spacial score (nSPS) is 11.0. The number of aryl methyl sites for hydroxylation is 2. The van der Waals surface area contributed by atoms with Gasteiger partial charge in [-0.15, -0.1) is 0 Å². The molecule has 0 unspecified atom stereocenters. The Morgan fingerprint density at radius 3 is 2.68 bits per heavy atom. The summed E-state index contributed by atoms with van der Waals surface area (Å²) >= 11 is 6.23. The van der Waals surface area contributed by atoms with Crippen molar-refractivity contribution < 1.29 is 9.18 Å². The lowest BCUT2D eigenvalue weighted by molar-refractivity contribution is 0.252. The molecule has 2 N–H and O–H groups in total. The molecule has 0 saturated carbocycles. The van der Waals surface area contributed by atoms with E-state index in [1.807, 2.05) is 13.8 Å². The first kappa shape index (κ1) is 20.7. The highest BCUT2D eigenvalue weighted by atomic mass is 35.5. The molecule has 0 aliphatic heterocycles. The molecule has 0 atom stereocenters. The standard InChI is InChI=1S/C22H20ClFN6O/c1-4-25-22(31)27-18-11-15(7-8-26-18)20-19(14-5-6-16(24)12(2)9-14)28-21-13(3)10-17(23)29-30(20)21/h5-11H,4H2,1-3H3,(H2,25,26,27,31). The topological polar surface area (TPSA) is 84.2 Å². The van der Waals surface area contributed by atoms with Crippen LogP contribution in [0.3, 0.4) is 0 Å². The van der Waals surface area contributed by atoms with E-state index in [9.17, 15) is 9.18 Å². The Labute approximate surface area is 183 Å². The lowest BCUT2D eigenvalue weighted by Gasteiger charge is -2.09. The van der Waals surface area contributed by atoms with Crippen LogP contribution in [0.5, 0.6) is 0 Å². The van der Waals surface area contributed by atoms with Crippen LogP contribution in [-0.4, -0.2) is 32.2 Å². The van der Waals surface area contributed by atoms with Gasteiger partial charge in [-0.2, -0.15) is 5.10 Å². The van der Waals surface area contributed by atoms with Crippen molar-refractivity contribution in [3.05, 3.63) is 64.7 Å². The number of carbonyl (C=O) groups excluding carboxylic acids is 1. The number of pyridine rings is 1. The fourth-order valence-electron chi connectivity index (χ4n) is 3.35. The second kappa shape index (κ2) is 8.31.